The van der Waals surface area contributed by atoms with Crippen molar-refractivity contribution < 1.29 is 33.0 Å². The first-order valence-electron chi connectivity index (χ1n) is 7.11. The number of nitrogens with zero attached hydrogens (tertiary/aromatic N) is 2. The molecule has 25 heavy (non-hydrogen) atoms. The predicted octanol–water partition coefficient (Wildman–Crippen LogP) is 3.09. The van der Waals surface area contributed by atoms with Gasteiger partial charge in [-0.3, -0.25) is 0 Å². The maximum atomic E-state index is 12.8. The van der Waals surface area contributed by atoms with Crippen LogP contribution in [0.15, 0.2) is 28.7 Å². The number of rotatable bonds is 6. The van der Waals surface area contributed by atoms with Crippen LogP contribution in [0.3, 0.4) is 0 Å². The number of carbonyl (C=O) groups excluding carboxylic acids is 1. The summed E-state index contributed by atoms with van der Waals surface area (Å²) in [6.45, 7) is 4.77. The highest BCUT2D eigenvalue weighted by Gasteiger charge is 2.62. The van der Waals surface area contributed by atoms with Crippen LogP contribution in [-0.2, 0) is 28.7 Å². The molecular weight excluding hydrogens is 415 g/mol. The summed E-state index contributed by atoms with van der Waals surface area (Å²) in [4.78, 5) is 15.7. The first-order valence-corrected chi connectivity index (χ1v) is 9.45. The van der Waals surface area contributed by atoms with E-state index in [0.29, 0.717) is 4.47 Å². The van der Waals surface area contributed by atoms with Gasteiger partial charge in [0.15, 0.2) is 0 Å². The normalized spacial score (nSPS) is 14.4. The van der Waals surface area contributed by atoms with E-state index in [4.69, 9.17) is 13.8 Å². The lowest BCUT2D eigenvalue weighted by atomic mass is 9.94. The third kappa shape index (κ3) is 4.44. The Morgan fingerprint density at radius 3 is 2.16 bits per heavy atom. The highest BCUT2D eigenvalue weighted by atomic mass is 79.9. The number of ether oxygens (including phenoxy) is 1. The van der Waals surface area contributed by atoms with Crippen molar-refractivity contribution in [3.8, 4) is 0 Å². The van der Waals surface area contributed by atoms with Crippen molar-refractivity contribution in [3.05, 3.63) is 39.8 Å². The Bertz CT molecular complexity index is 749. The van der Waals surface area contributed by atoms with E-state index in [9.17, 15) is 20.0 Å². The number of aliphatic hydroxyl groups is 1. The number of hydrogen-bond acceptors (Lipinski definition) is 6. The molecule has 8 nitrogen and oxygen atoms in total. The van der Waals surface area contributed by atoms with Crippen LogP contribution in [0.25, 0.3) is 5.53 Å². The fourth-order valence-corrected chi connectivity index (χ4v) is 3.79. The third-order valence-corrected chi connectivity index (χ3v) is 5.70. The molecule has 0 aliphatic carbocycles. The SMILES string of the molecule is COP(=O)(OC)C(=[N+]=[N-])[C@](O)(C(=O)OC(C)(C)C)c1ccccc1Br. The van der Waals surface area contributed by atoms with Crippen LogP contribution >= 0.6 is 23.5 Å². The summed E-state index contributed by atoms with van der Waals surface area (Å²) >= 11 is 3.21. The van der Waals surface area contributed by atoms with E-state index >= 15 is 0 Å². The van der Waals surface area contributed by atoms with Crippen molar-refractivity contribution in [1.29, 1.82) is 0 Å². The molecule has 1 aromatic rings. The fourth-order valence-electron chi connectivity index (χ4n) is 2.00. The van der Waals surface area contributed by atoms with Gasteiger partial charge in [-0.2, -0.15) is 4.79 Å². The highest BCUT2D eigenvalue weighted by Crippen LogP contribution is 2.53. The standard InChI is InChI=1S/C15H20BrN2O6P/c1-14(2,3)24-13(19)15(20,10-8-6-7-9-11(10)16)12(18-17)25(21,22-4)23-5/h6-9,20H,1-5H3/t15-/m0/s1. The lowest BCUT2D eigenvalue weighted by Gasteiger charge is -2.29. The summed E-state index contributed by atoms with van der Waals surface area (Å²) in [5.74, 6) is -1.20. The van der Waals surface area contributed by atoms with E-state index in [2.05, 4.69) is 20.7 Å². The summed E-state index contributed by atoms with van der Waals surface area (Å²) in [6.07, 6.45) is 0. The lowest BCUT2D eigenvalue weighted by Crippen LogP contribution is -2.48. The summed E-state index contributed by atoms with van der Waals surface area (Å²) < 4.78 is 27.9. The molecule has 0 radical (unpaired) electrons. The Kier molecular flexibility index (Phi) is 6.87. The first kappa shape index (κ1) is 21.7. The van der Waals surface area contributed by atoms with Gasteiger partial charge < -0.3 is 24.4 Å². The highest BCUT2D eigenvalue weighted by molar-refractivity contribution is 9.10. The van der Waals surface area contributed by atoms with Gasteiger partial charge in [-0.05, 0) is 26.8 Å². The zero-order valence-corrected chi connectivity index (χ0v) is 17.0. The largest absolute Gasteiger partial charge is 0.457 e. The Hall–Kier alpha value is -1.34. The van der Waals surface area contributed by atoms with Gasteiger partial charge in [0.05, 0.1) is 0 Å². The second-order valence-electron chi connectivity index (χ2n) is 5.98. The maximum absolute atomic E-state index is 12.8. The Labute approximate surface area is 154 Å². The van der Waals surface area contributed by atoms with Gasteiger partial charge in [-0.15, -0.1) is 0 Å². The quantitative estimate of drug-likeness (QED) is 0.241. The molecule has 0 saturated heterocycles. The minimum atomic E-state index is -4.29. The van der Waals surface area contributed by atoms with E-state index in [1.54, 1.807) is 32.9 Å². The van der Waals surface area contributed by atoms with Crippen molar-refractivity contribution in [2.24, 2.45) is 0 Å². The van der Waals surface area contributed by atoms with Crippen LogP contribution in [0.5, 0.6) is 0 Å². The molecule has 0 fully saturated rings. The summed E-state index contributed by atoms with van der Waals surface area (Å²) in [5, 5.41) is 11.2. The molecule has 1 atom stereocenters. The molecule has 0 heterocycles. The molecular formula is C15H20BrN2O6P. The molecule has 1 aromatic carbocycles. The molecule has 0 aliphatic rings. The zero-order valence-electron chi connectivity index (χ0n) is 14.5. The molecule has 0 aliphatic heterocycles. The first-order chi connectivity index (χ1) is 11.5. The number of esters is 1. The summed E-state index contributed by atoms with van der Waals surface area (Å²) in [5.41, 5.74) is 4.78. The number of carbonyl (C=O) groups is 1. The van der Waals surface area contributed by atoms with Gasteiger partial charge in [0.25, 0.3) is 5.60 Å². The van der Waals surface area contributed by atoms with Gasteiger partial charge in [0.1, 0.15) is 5.60 Å². The van der Waals surface area contributed by atoms with Gasteiger partial charge in [0, 0.05) is 24.3 Å². The minimum Gasteiger partial charge on any atom is -0.457 e. The Balaban J connectivity index is 3.76. The van der Waals surface area contributed by atoms with Gasteiger partial charge >= 0.3 is 19.0 Å². The van der Waals surface area contributed by atoms with Crippen molar-refractivity contribution in [2.45, 2.75) is 32.0 Å². The molecule has 1 N–H and O–H groups in total. The van der Waals surface area contributed by atoms with Crippen LogP contribution in [0.1, 0.15) is 26.3 Å². The average molecular weight is 435 g/mol. The van der Waals surface area contributed by atoms with Crippen LogP contribution in [-0.4, -0.2) is 41.1 Å². The van der Waals surface area contributed by atoms with Crippen molar-refractivity contribution in [3.63, 3.8) is 0 Å². The van der Waals surface area contributed by atoms with Gasteiger partial charge in [0.2, 0.25) is 0 Å². The van der Waals surface area contributed by atoms with Crippen molar-refractivity contribution in [1.82, 2.24) is 0 Å². The fraction of sp³-hybridized carbons (Fsp3) is 0.467. The molecule has 0 spiro atoms. The topological polar surface area (TPSA) is 118 Å². The Morgan fingerprint density at radius 1 is 1.24 bits per heavy atom. The molecule has 10 heteroatoms. The number of benzene rings is 1. The summed E-state index contributed by atoms with van der Waals surface area (Å²) in [6, 6.07) is 6.11. The van der Waals surface area contributed by atoms with Crippen LogP contribution in [0, 0.1) is 0 Å². The van der Waals surface area contributed by atoms with Crippen molar-refractivity contribution >= 4 is 34.9 Å². The molecule has 1 rings (SSSR count). The van der Waals surface area contributed by atoms with Crippen LogP contribution in [0.2, 0.25) is 0 Å². The smallest absolute Gasteiger partial charge is 0.441 e. The third-order valence-electron chi connectivity index (χ3n) is 3.12. The summed E-state index contributed by atoms with van der Waals surface area (Å²) in [7, 11) is -2.22. The second-order valence-corrected chi connectivity index (χ2v) is 8.98. The maximum Gasteiger partial charge on any atom is 0.441 e. The van der Waals surface area contributed by atoms with E-state index in [-0.39, 0.29) is 5.56 Å². The molecule has 138 valence electrons. The zero-order chi connectivity index (χ0) is 19.5. The predicted molar refractivity (Wildman–Crippen MR) is 94.1 cm³/mol. The molecule has 0 unspecified atom stereocenters. The Morgan fingerprint density at radius 2 is 1.76 bits per heavy atom. The number of halogens is 1. The molecule has 0 amide bonds. The van der Waals surface area contributed by atoms with E-state index in [1.165, 1.54) is 12.1 Å². The van der Waals surface area contributed by atoms with Crippen LogP contribution < -0.4 is 0 Å². The van der Waals surface area contributed by atoms with Crippen molar-refractivity contribution in [2.75, 3.05) is 14.2 Å². The molecule has 0 bridgehead atoms. The van der Waals surface area contributed by atoms with E-state index in [1.807, 2.05) is 0 Å². The van der Waals surface area contributed by atoms with Gasteiger partial charge in [-0.25, -0.2) is 9.36 Å². The van der Waals surface area contributed by atoms with E-state index in [0.717, 1.165) is 14.2 Å². The number of hydrogen-bond donors (Lipinski definition) is 1. The van der Waals surface area contributed by atoms with Crippen LogP contribution in [0.4, 0.5) is 0 Å². The molecule has 0 aromatic heterocycles. The van der Waals surface area contributed by atoms with E-state index < -0.39 is 30.2 Å². The van der Waals surface area contributed by atoms with Gasteiger partial charge in [-0.1, -0.05) is 34.1 Å². The lowest BCUT2D eigenvalue weighted by molar-refractivity contribution is -0.174. The average Bonchev–Trinajstić information content (AvgIpc) is 2.53. The minimum absolute atomic E-state index is 0.0497. The monoisotopic (exact) mass is 434 g/mol. The molecule has 0 saturated carbocycles. The second kappa shape index (κ2) is 7.91.